The maximum absolute atomic E-state index is 12.4. The second-order valence-electron chi connectivity index (χ2n) is 6.24. The molecule has 26 heavy (non-hydrogen) atoms. The molecule has 0 saturated heterocycles. The van der Waals surface area contributed by atoms with Gasteiger partial charge in [0.2, 0.25) is 15.9 Å². The van der Waals surface area contributed by atoms with Crippen LogP contribution in [-0.2, 0) is 14.8 Å². The fourth-order valence-corrected chi connectivity index (χ4v) is 3.78. The number of hydrogen-bond donors (Lipinski definition) is 1. The van der Waals surface area contributed by atoms with E-state index in [1.807, 2.05) is 26.0 Å². The second-order valence-corrected chi connectivity index (χ2v) is 8.42. The molecule has 2 rings (SSSR count). The van der Waals surface area contributed by atoms with Gasteiger partial charge in [0.05, 0.1) is 15.6 Å². The fraction of sp³-hybridized carbons (Fsp3) is 0.316. The Morgan fingerprint density at radius 1 is 1.12 bits per heavy atom. The van der Waals surface area contributed by atoms with Gasteiger partial charge in [0.1, 0.15) is 0 Å². The molecule has 0 heterocycles. The van der Waals surface area contributed by atoms with Gasteiger partial charge in [-0.1, -0.05) is 49.7 Å². The van der Waals surface area contributed by atoms with Crippen LogP contribution in [0, 0.1) is 0 Å². The number of benzene rings is 2. The van der Waals surface area contributed by atoms with Crippen LogP contribution in [0.15, 0.2) is 53.4 Å². The second kappa shape index (κ2) is 8.66. The Hall–Kier alpha value is -1.89. The van der Waals surface area contributed by atoms with E-state index in [0.29, 0.717) is 16.6 Å². The molecule has 1 N–H and O–H groups in total. The van der Waals surface area contributed by atoms with Crippen LogP contribution >= 0.6 is 11.6 Å². The number of hydrogen-bond acceptors (Lipinski definition) is 3. The van der Waals surface area contributed by atoms with Crippen molar-refractivity contribution in [3.63, 3.8) is 0 Å². The van der Waals surface area contributed by atoms with Gasteiger partial charge in [-0.05, 0) is 35.7 Å². The molecule has 0 unspecified atom stereocenters. The van der Waals surface area contributed by atoms with E-state index in [4.69, 9.17) is 11.6 Å². The van der Waals surface area contributed by atoms with Crippen molar-refractivity contribution in [2.24, 2.45) is 0 Å². The summed E-state index contributed by atoms with van der Waals surface area (Å²) in [6, 6.07) is 13.8. The van der Waals surface area contributed by atoms with Crippen LogP contribution in [0.1, 0.15) is 32.3 Å². The van der Waals surface area contributed by atoms with Crippen LogP contribution in [0.2, 0.25) is 5.02 Å². The molecule has 0 saturated carbocycles. The van der Waals surface area contributed by atoms with Gasteiger partial charge in [0, 0.05) is 20.0 Å². The number of carbonyl (C=O) groups is 1. The van der Waals surface area contributed by atoms with Crippen LogP contribution < -0.4 is 9.62 Å². The van der Waals surface area contributed by atoms with E-state index in [2.05, 4.69) is 4.72 Å². The summed E-state index contributed by atoms with van der Waals surface area (Å²) in [6.45, 7) is 5.78. The Labute approximate surface area is 160 Å². The maximum atomic E-state index is 12.4. The Morgan fingerprint density at radius 3 is 2.27 bits per heavy atom. The van der Waals surface area contributed by atoms with Gasteiger partial charge in [-0.2, -0.15) is 0 Å². The maximum Gasteiger partial charge on any atom is 0.240 e. The van der Waals surface area contributed by atoms with Crippen LogP contribution in [0.25, 0.3) is 0 Å². The van der Waals surface area contributed by atoms with Gasteiger partial charge in [0.25, 0.3) is 0 Å². The molecule has 0 fully saturated rings. The van der Waals surface area contributed by atoms with Gasteiger partial charge in [-0.3, -0.25) is 4.79 Å². The Morgan fingerprint density at radius 2 is 1.73 bits per heavy atom. The zero-order valence-electron chi connectivity index (χ0n) is 15.1. The van der Waals surface area contributed by atoms with E-state index in [1.165, 1.54) is 11.8 Å². The molecule has 140 valence electrons. The first-order chi connectivity index (χ1) is 12.2. The minimum absolute atomic E-state index is 0.0824. The highest BCUT2D eigenvalue weighted by molar-refractivity contribution is 7.89. The number of para-hydroxylation sites is 1. The number of sulfonamides is 1. The largest absolute Gasteiger partial charge is 0.310 e. The molecule has 5 nitrogen and oxygen atoms in total. The molecule has 0 aliphatic rings. The molecule has 2 aromatic rings. The van der Waals surface area contributed by atoms with Crippen molar-refractivity contribution in [3.05, 3.63) is 59.1 Å². The van der Waals surface area contributed by atoms with Crippen molar-refractivity contribution >= 4 is 33.2 Å². The average molecular weight is 395 g/mol. The lowest BCUT2D eigenvalue weighted by molar-refractivity contribution is -0.116. The molecule has 0 bridgehead atoms. The van der Waals surface area contributed by atoms with Crippen molar-refractivity contribution in [3.8, 4) is 0 Å². The number of rotatable bonds is 7. The number of carbonyl (C=O) groups excluding carboxylic acids is 1. The zero-order valence-corrected chi connectivity index (χ0v) is 16.6. The minimum Gasteiger partial charge on any atom is -0.310 e. The monoisotopic (exact) mass is 394 g/mol. The number of halogens is 1. The van der Waals surface area contributed by atoms with Gasteiger partial charge >= 0.3 is 0 Å². The highest BCUT2D eigenvalue weighted by atomic mass is 35.5. The third-order valence-electron chi connectivity index (χ3n) is 4.01. The van der Waals surface area contributed by atoms with E-state index in [0.717, 1.165) is 5.56 Å². The van der Waals surface area contributed by atoms with Crippen LogP contribution in [0.4, 0.5) is 5.69 Å². The summed E-state index contributed by atoms with van der Waals surface area (Å²) in [5.41, 5.74) is 1.63. The summed E-state index contributed by atoms with van der Waals surface area (Å²) in [7, 11) is -3.64. The Bertz CT molecular complexity index is 865. The Kier molecular flexibility index (Phi) is 6.81. The average Bonchev–Trinajstić information content (AvgIpc) is 2.59. The first kappa shape index (κ1) is 20.4. The smallest absolute Gasteiger partial charge is 0.240 e. The summed E-state index contributed by atoms with van der Waals surface area (Å²) < 4.78 is 27.4. The molecular weight excluding hydrogens is 372 g/mol. The molecule has 0 aromatic heterocycles. The van der Waals surface area contributed by atoms with Crippen molar-refractivity contribution in [2.75, 3.05) is 18.0 Å². The predicted molar refractivity (Wildman–Crippen MR) is 105 cm³/mol. The molecular formula is C19H23ClN2O3S. The third kappa shape index (κ3) is 5.06. The first-order valence-corrected chi connectivity index (χ1v) is 10.2. The molecule has 0 atom stereocenters. The van der Waals surface area contributed by atoms with E-state index >= 15 is 0 Å². The highest BCUT2D eigenvalue weighted by Crippen LogP contribution is 2.25. The van der Waals surface area contributed by atoms with Crippen molar-refractivity contribution in [1.82, 2.24) is 4.72 Å². The van der Waals surface area contributed by atoms with Gasteiger partial charge in [-0.15, -0.1) is 0 Å². The van der Waals surface area contributed by atoms with Crippen molar-refractivity contribution in [1.29, 1.82) is 0 Å². The van der Waals surface area contributed by atoms with E-state index in [9.17, 15) is 13.2 Å². The van der Waals surface area contributed by atoms with Crippen LogP contribution in [-0.4, -0.2) is 27.4 Å². The van der Waals surface area contributed by atoms with Gasteiger partial charge < -0.3 is 4.90 Å². The number of nitrogens with zero attached hydrogens (tertiary/aromatic N) is 1. The molecule has 2 aromatic carbocycles. The number of anilines is 1. The molecule has 0 aliphatic heterocycles. The summed E-state index contributed by atoms with van der Waals surface area (Å²) in [5.74, 6) is 0.123. The summed E-state index contributed by atoms with van der Waals surface area (Å²) >= 11 is 6.14. The summed E-state index contributed by atoms with van der Waals surface area (Å²) in [4.78, 5) is 13.6. The number of amides is 1. The minimum atomic E-state index is -3.64. The van der Waals surface area contributed by atoms with Gasteiger partial charge in [0.15, 0.2) is 0 Å². The normalized spacial score (nSPS) is 11.6. The molecule has 0 aliphatic carbocycles. The van der Waals surface area contributed by atoms with E-state index in [-0.39, 0.29) is 23.9 Å². The van der Waals surface area contributed by atoms with Crippen LogP contribution in [0.5, 0.6) is 0 Å². The van der Waals surface area contributed by atoms with Crippen molar-refractivity contribution in [2.45, 2.75) is 31.6 Å². The lowest BCUT2D eigenvalue weighted by atomic mass is 10.0. The molecule has 1 amide bonds. The van der Waals surface area contributed by atoms with Crippen molar-refractivity contribution < 1.29 is 13.2 Å². The van der Waals surface area contributed by atoms with E-state index < -0.39 is 10.0 Å². The predicted octanol–water partition coefficient (Wildman–Crippen LogP) is 3.79. The quantitative estimate of drug-likeness (QED) is 0.776. The molecule has 7 heteroatoms. The summed E-state index contributed by atoms with van der Waals surface area (Å²) in [5, 5.41) is 0.440. The molecule has 0 radical (unpaired) electrons. The standard InChI is InChI=1S/C19H23ClN2O3S/c1-14(2)16-8-10-17(11-9-16)26(24,25)21-12-13-22(15(3)23)19-7-5-4-6-18(19)20/h4-11,14,21H,12-13H2,1-3H3. The summed E-state index contributed by atoms with van der Waals surface area (Å²) in [6.07, 6.45) is 0. The van der Waals surface area contributed by atoms with E-state index in [1.54, 1.807) is 36.4 Å². The fourth-order valence-electron chi connectivity index (χ4n) is 2.53. The SMILES string of the molecule is CC(=O)N(CCNS(=O)(=O)c1ccc(C(C)C)cc1)c1ccccc1Cl. The topological polar surface area (TPSA) is 66.5 Å². The van der Waals surface area contributed by atoms with Gasteiger partial charge in [-0.25, -0.2) is 13.1 Å². The first-order valence-electron chi connectivity index (χ1n) is 8.34. The Balaban J connectivity index is 2.06. The third-order valence-corrected chi connectivity index (χ3v) is 5.80. The number of nitrogens with one attached hydrogen (secondary N) is 1. The lowest BCUT2D eigenvalue weighted by Gasteiger charge is -2.22. The van der Waals surface area contributed by atoms with Crippen LogP contribution in [0.3, 0.4) is 0 Å². The molecule has 0 spiro atoms. The zero-order chi connectivity index (χ0) is 19.3. The lowest BCUT2D eigenvalue weighted by Crippen LogP contribution is -2.37. The highest BCUT2D eigenvalue weighted by Gasteiger charge is 2.17.